The quantitative estimate of drug-likeness (QED) is 0.242. The maximum absolute atomic E-state index is 12.4. The van der Waals surface area contributed by atoms with Gasteiger partial charge in [-0.25, -0.2) is 4.79 Å². The van der Waals surface area contributed by atoms with E-state index in [0.717, 1.165) is 25.7 Å². The van der Waals surface area contributed by atoms with Gasteiger partial charge in [0.05, 0.1) is 27.3 Å². The minimum Gasteiger partial charge on any atom is -0.480 e. The van der Waals surface area contributed by atoms with Gasteiger partial charge in [0.15, 0.2) is 0 Å². The van der Waals surface area contributed by atoms with E-state index in [0.29, 0.717) is 12.8 Å². The van der Waals surface area contributed by atoms with Gasteiger partial charge in [-0.1, -0.05) is 39.5 Å². The van der Waals surface area contributed by atoms with E-state index in [1.165, 1.54) is 19.1 Å². The van der Waals surface area contributed by atoms with Gasteiger partial charge >= 0.3 is 17.9 Å². The van der Waals surface area contributed by atoms with Crippen LogP contribution in [-0.2, 0) is 28.7 Å². The number of esters is 2. The predicted molar refractivity (Wildman–Crippen MR) is 106 cm³/mol. The number of hydrogen-bond acceptors (Lipinski definition) is 8. The summed E-state index contributed by atoms with van der Waals surface area (Å²) in [4.78, 5) is 48.6. The fraction of sp³-hybridized carbons (Fsp3) is 0.789. The van der Waals surface area contributed by atoms with Crippen molar-refractivity contribution in [3.05, 3.63) is 0 Å². The van der Waals surface area contributed by atoms with Crippen molar-refractivity contribution in [3.8, 4) is 0 Å². The van der Waals surface area contributed by atoms with Crippen molar-refractivity contribution in [1.82, 2.24) is 15.5 Å². The molecule has 0 fully saturated rings. The smallest absolute Gasteiger partial charge is 0.328 e. The first-order valence-corrected chi connectivity index (χ1v) is 9.91. The summed E-state index contributed by atoms with van der Waals surface area (Å²) in [5, 5.41) is 14.7. The molecule has 0 rings (SSSR count). The van der Waals surface area contributed by atoms with E-state index in [1.807, 2.05) is 13.8 Å². The Balaban J connectivity index is 4.94. The maximum atomic E-state index is 12.4. The second-order valence-corrected chi connectivity index (χ2v) is 6.75. The Hall–Kier alpha value is -2.20. The number of hydrogen-bond donors (Lipinski definition) is 3. The summed E-state index contributed by atoms with van der Waals surface area (Å²) in [5.41, 5.74) is 0. The predicted octanol–water partition coefficient (Wildman–Crippen LogP) is 0.500. The Morgan fingerprint density at radius 3 is 1.90 bits per heavy atom. The molecular weight excluding hydrogens is 382 g/mol. The summed E-state index contributed by atoms with van der Waals surface area (Å²) in [6.07, 6.45) is 4.25. The topological polar surface area (TPSA) is 134 Å². The van der Waals surface area contributed by atoms with E-state index in [9.17, 15) is 19.2 Å². The molecule has 0 aromatic rings. The van der Waals surface area contributed by atoms with Crippen LogP contribution in [0.1, 0.15) is 52.4 Å². The average molecular weight is 418 g/mol. The standard InChI is InChI=1S/C19H35N3O7/c1-5-7-9-14(18(26)28-3)20-13-22(12-17(24)25)11-16(23)21-15(10-8-6-2)19(27)29-4/h14-15,20H,5-13H2,1-4H3,(H,21,23)(H,24,25)/t14-,15-/m0/s1. The highest BCUT2D eigenvalue weighted by Gasteiger charge is 2.24. The summed E-state index contributed by atoms with van der Waals surface area (Å²) in [7, 11) is 2.53. The number of ether oxygens (including phenoxy) is 2. The molecule has 0 aliphatic rings. The summed E-state index contributed by atoms with van der Waals surface area (Å²) in [5.74, 6) is -2.59. The molecule has 1 amide bonds. The highest BCUT2D eigenvalue weighted by molar-refractivity contribution is 5.85. The SMILES string of the molecule is CCCC[C@H](NCN(CC(=O)O)CC(=O)N[C@@H](CCCC)C(=O)OC)C(=O)OC. The lowest BCUT2D eigenvalue weighted by atomic mass is 10.1. The van der Waals surface area contributed by atoms with Gasteiger partial charge in [0.2, 0.25) is 5.91 Å². The van der Waals surface area contributed by atoms with Gasteiger partial charge in [-0.15, -0.1) is 0 Å². The van der Waals surface area contributed by atoms with Gasteiger partial charge < -0.3 is 19.9 Å². The molecule has 0 unspecified atom stereocenters. The molecule has 29 heavy (non-hydrogen) atoms. The summed E-state index contributed by atoms with van der Waals surface area (Å²) >= 11 is 0. The zero-order chi connectivity index (χ0) is 22.2. The van der Waals surface area contributed by atoms with Crippen molar-refractivity contribution >= 4 is 23.8 Å². The highest BCUT2D eigenvalue weighted by atomic mass is 16.5. The molecule has 0 heterocycles. The number of nitrogens with zero attached hydrogens (tertiary/aromatic N) is 1. The van der Waals surface area contributed by atoms with Crippen LogP contribution in [0.15, 0.2) is 0 Å². The van der Waals surface area contributed by atoms with Crippen LogP contribution in [0, 0.1) is 0 Å². The Morgan fingerprint density at radius 1 is 0.897 bits per heavy atom. The van der Waals surface area contributed by atoms with Crippen molar-refractivity contribution in [2.75, 3.05) is 34.0 Å². The molecule has 2 atom stereocenters. The Labute approximate surface area is 172 Å². The number of carbonyl (C=O) groups excluding carboxylic acids is 3. The normalized spacial score (nSPS) is 12.9. The van der Waals surface area contributed by atoms with Crippen LogP contribution in [0.3, 0.4) is 0 Å². The molecule has 3 N–H and O–H groups in total. The van der Waals surface area contributed by atoms with Crippen molar-refractivity contribution in [2.24, 2.45) is 0 Å². The van der Waals surface area contributed by atoms with Gasteiger partial charge in [-0.05, 0) is 12.8 Å². The van der Waals surface area contributed by atoms with Crippen LogP contribution in [-0.4, -0.2) is 79.9 Å². The highest BCUT2D eigenvalue weighted by Crippen LogP contribution is 2.04. The van der Waals surface area contributed by atoms with Crippen LogP contribution in [0.4, 0.5) is 0 Å². The number of carbonyl (C=O) groups is 4. The molecule has 0 saturated carbocycles. The number of rotatable bonds is 16. The number of unbranched alkanes of at least 4 members (excludes halogenated alkanes) is 2. The first-order valence-electron chi connectivity index (χ1n) is 9.91. The van der Waals surface area contributed by atoms with Crippen molar-refractivity contribution < 1.29 is 33.8 Å². The minimum absolute atomic E-state index is 0.00104. The number of methoxy groups -OCH3 is 2. The van der Waals surface area contributed by atoms with Crippen molar-refractivity contribution in [1.29, 1.82) is 0 Å². The van der Waals surface area contributed by atoms with E-state index in [4.69, 9.17) is 14.6 Å². The van der Waals surface area contributed by atoms with Gasteiger partial charge in [-0.2, -0.15) is 0 Å². The number of carboxylic acid groups (broad SMARTS) is 1. The summed E-state index contributed by atoms with van der Waals surface area (Å²) in [6, 6.07) is -1.37. The molecule has 10 nitrogen and oxygen atoms in total. The largest absolute Gasteiger partial charge is 0.480 e. The third kappa shape index (κ3) is 12.1. The Kier molecular flexibility index (Phi) is 14.5. The second kappa shape index (κ2) is 15.7. The van der Waals surface area contributed by atoms with Crippen LogP contribution in [0.25, 0.3) is 0 Å². The molecule has 0 aromatic carbocycles. The first kappa shape index (κ1) is 26.8. The van der Waals surface area contributed by atoms with Crippen molar-refractivity contribution in [2.45, 2.75) is 64.5 Å². The first-order chi connectivity index (χ1) is 13.8. The number of amides is 1. The average Bonchev–Trinajstić information content (AvgIpc) is 2.69. The third-order valence-electron chi connectivity index (χ3n) is 4.29. The molecule has 0 radical (unpaired) electrons. The van der Waals surface area contributed by atoms with Crippen LogP contribution in [0.5, 0.6) is 0 Å². The lowest BCUT2D eigenvalue weighted by Crippen LogP contribution is -2.50. The Bertz CT molecular complexity index is 528. The van der Waals surface area contributed by atoms with E-state index < -0.39 is 42.4 Å². The summed E-state index contributed by atoms with van der Waals surface area (Å²) in [6.45, 7) is 3.31. The summed E-state index contributed by atoms with van der Waals surface area (Å²) < 4.78 is 9.48. The number of aliphatic carboxylic acids is 1. The van der Waals surface area contributed by atoms with E-state index in [2.05, 4.69) is 10.6 Å². The molecule has 168 valence electrons. The van der Waals surface area contributed by atoms with Gasteiger partial charge in [0.25, 0.3) is 0 Å². The van der Waals surface area contributed by atoms with E-state index in [1.54, 1.807) is 0 Å². The zero-order valence-corrected chi connectivity index (χ0v) is 17.9. The van der Waals surface area contributed by atoms with Gasteiger partial charge in [-0.3, -0.25) is 24.6 Å². The fourth-order valence-corrected chi connectivity index (χ4v) is 2.69. The monoisotopic (exact) mass is 417 g/mol. The fourth-order valence-electron chi connectivity index (χ4n) is 2.69. The second-order valence-electron chi connectivity index (χ2n) is 6.75. The molecule has 0 saturated heterocycles. The molecule has 0 aromatic heterocycles. The zero-order valence-electron chi connectivity index (χ0n) is 17.9. The molecule has 0 aliphatic heterocycles. The molecule has 0 aliphatic carbocycles. The Morgan fingerprint density at radius 2 is 1.41 bits per heavy atom. The number of carboxylic acids is 1. The van der Waals surface area contributed by atoms with E-state index in [-0.39, 0.29) is 13.2 Å². The van der Waals surface area contributed by atoms with Crippen LogP contribution >= 0.6 is 0 Å². The van der Waals surface area contributed by atoms with Crippen LogP contribution < -0.4 is 10.6 Å². The maximum Gasteiger partial charge on any atom is 0.328 e. The van der Waals surface area contributed by atoms with Crippen LogP contribution in [0.2, 0.25) is 0 Å². The minimum atomic E-state index is -1.11. The van der Waals surface area contributed by atoms with Gasteiger partial charge in [0.1, 0.15) is 12.1 Å². The lowest BCUT2D eigenvalue weighted by Gasteiger charge is -2.24. The molecule has 0 bridgehead atoms. The lowest BCUT2D eigenvalue weighted by molar-refractivity contribution is -0.146. The van der Waals surface area contributed by atoms with Gasteiger partial charge in [0, 0.05) is 6.67 Å². The molecule has 0 spiro atoms. The number of nitrogens with one attached hydrogen (secondary N) is 2. The third-order valence-corrected chi connectivity index (χ3v) is 4.29. The molecular formula is C19H35N3O7. The molecule has 10 heteroatoms. The van der Waals surface area contributed by atoms with E-state index >= 15 is 0 Å². The van der Waals surface area contributed by atoms with Crippen molar-refractivity contribution in [3.63, 3.8) is 0 Å².